The van der Waals surface area contributed by atoms with Crippen molar-refractivity contribution in [3.05, 3.63) is 32.3 Å². The highest BCUT2D eigenvalue weighted by molar-refractivity contribution is 5.06. The maximum Gasteiger partial charge on any atom is 0.331 e. The molecule has 1 fully saturated rings. The van der Waals surface area contributed by atoms with Crippen molar-refractivity contribution >= 4 is 0 Å². The summed E-state index contributed by atoms with van der Waals surface area (Å²) >= 11 is 0. The zero-order chi connectivity index (χ0) is 15.0. The Labute approximate surface area is 110 Å². The Bertz CT molecular complexity index is 613. The molecule has 0 aliphatic carbocycles. The van der Waals surface area contributed by atoms with Gasteiger partial charge in [0.1, 0.15) is 18.3 Å². The Morgan fingerprint density at radius 1 is 1.25 bits per heavy atom. The number of aromatic amines is 1. The number of ether oxygens (including phenoxy) is 1. The zero-order valence-corrected chi connectivity index (χ0v) is 10.1. The minimum Gasteiger partial charge on any atom is -0.394 e. The third-order valence-electron chi connectivity index (χ3n) is 3.10. The first-order valence-electron chi connectivity index (χ1n) is 5.68. The molecular weight excluding hydrogens is 279 g/mol. The van der Waals surface area contributed by atoms with Crippen LogP contribution in [-0.2, 0) is 11.3 Å². The van der Waals surface area contributed by atoms with Gasteiger partial charge in [-0.15, -0.1) is 0 Å². The van der Waals surface area contributed by atoms with E-state index in [0.717, 1.165) is 0 Å². The van der Waals surface area contributed by atoms with Crippen molar-refractivity contribution in [2.75, 3.05) is 6.61 Å². The summed E-state index contributed by atoms with van der Waals surface area (Å²) in [5.41, 5.74) is -3.12. The van der Waals surface area contributed by atoms with Gasteiger partial charge in [-0.05, 0) is 0 Å². The molecule has 2 heterocycles. The van der Waals surface area contributed by atoms with Gasteiger partial charge >= 0.3 is 5.69 Å². The molecule has 1 aliphatic heterocycles. The lowest BCUT2D eigenvalue weighted by atomic mass is 10.1. The van der Waals surface area contributed by atoms with Gasteiger partial charge in [-0.3, -0.25) is 14.3 Å². The predicted molar refractivity (Wildman–Crippen MR) is 60.2 cm³/mol. The van der Waals surface area contributed by atoms with E-state index < -0.39 is 60.5 Å². The van der Waals surface area contributed by atoms with E-state index in [2.05, 4.69) is 0 Å². The van der Waals surface area contributed by atoms with Crippen LogP contribution < -0.4 is 11.2 Å². The van der Waals surface area contributed by atoms with E-state index in [0.29, 0.717) is 4.57 Å². The van der Waals surface area contributed by atoms with Gasteiger partial charge in [-0.25, -0.2) is 4.79 Å². The van der Waals surface area contributed by atoms with Crippen LogP contribution in [0.5, 0.6) is 0 Å². The van der Waals surface area contributed by atoms with Gasteiger partial charge in [0.15, 0.2) is 6.23 Å². The van der Waals surface area contributed by atoms with Gasteiger partial charge in [-0.2, -0.15) is 4.39 Å². The summed E-state index contributed by atoms with van der Waals surface area (Å²) in [6, 6.07) is 0. The normalized spacial score (nSPS) is 29.9. The summed E-state index contributed by atoms with van der Waals surface area (Å²) in [6.07, 6.45) is -5.86. The molecule has 112 valence electrons. The molecule has 0 bridgehead atoms. The standard InChI is InChI=1S/C10H13FN2O7/c11-5-3(1-14)13(10(19)12-8(5)18)9-7(17)6(16)4(2-15)20-9/h4,6-7,9,14-17H,1-2H2,(H,12,18,19)/t4-,6-,7-,9?/m1/s1. The van der Waals surface area contributed by atoms with Crippen LogP contribution in [0.15, 0.2) is 9.59 Å². The van der Waals surface area contributed by atoms with Gasteiger partial charge in [0.2, 0.25) is 5.82 Å². The largest absolute Gasteiger partial charge is 0.394 e. The molecule has 1 saturated heterocycles. The fourth-order valence-electron chi connectivity index (χ4n) is 2.08. The van der Waals surface area contributed by atoms with Crippen molar-refractivity contribution in [2.45, 2.75) is 31.1 Å². The Morgan fingerprint density at radius 3 is 2.40 bits per heavy atom. The van der Waals surface area contributed by atoms with Crippen LogP contribution in [0.2, 0.25) is 0 Å². The number of hydrogen-bond donors (Lipinski definition) is 5. The average molecular weight is 292 g/mol. The van der Waals surface area contributed by atoms with Gasteiger partial charge in [0.05, 0.1) is 18.9 Å². The second-order valence-corrected chi connectivity index (χ2v) is 4.28. The number of nitrogens with one attached hydrogen (secondary N) is 1. The summed E-state index contributed by atoms with van der Waals surface area (Å²) in [7, 11) is 0. The maximum absolute atomic E-state index is 13.6. The molecule has 0 amide bonds. The highest BCUT2D eigenvalue weighted by Crippen LogP contribution is 2.29. The van der Waals surface area contributed by atoms with Crippen LogP contribution in [0.4, 0.5) is 4.39 Å². The first kappa shape index (κ1) is 14.8. The first-order chi connectivity index (χ1) is 9.42. The number of hydrogen-bond acceptors (Lipinski definition) is 7. The second-order valence-electron chi connectivity index (χ2n) is 4.28. The molecule has 0 radical (unpaired) electrons. The summed E-state index contributed by atoms with van der Waals surface area (Å²) in [5.74, 6) is -1.40. The topological polar surface area (TPSA) is 145 Å². The van der Waals surface area contributed by atoms with E-state index in [4.69, 9.17) is 14.9 Å². The molecule has 20 heavy (non-hydrogen) atoms. The fourth-order valence-corrected chi connectivity index (χ4v) is 2.08. The van der Waals surface area contributed by atoms with Crippen molar-refractivity contribution < 1.29 is 29.6 Å². The molecule has 1 aromatic rings. The van der Waals surface area contributed by atoms with Crippen LogP contribution in [0.3, 0.4) is 0 Å². The number of halogens is 1. The van der Waals surface area contributed by atoms with Crippen molar-refractivity contribution in [2.24, 2.45) is 0 Å². The lowest BCUT2D eigenvalue weighted by Crippen LogP contribution is -2.41. The minimum atomic E-state index is -1.64. The van der Waals surface area contributed by atoms with Crippen molar-refractivity contribution in [1.29, 1.82) is 0 Å². The second kappa shape index (κ2) is 5.42. The van der Waals surface area contributed by atoms with Gasteiger partial charge in [0.25, 0.3) is 5.56 Å². The van der Waals surface area contributed by atoms with Gasteiger partial charge in [-0.1, -0.05) is 0 Å². The molecule has 1 aromatic heterocycles. The number of nitrogens with zero attached hydrogens (tertiary/aromatic N) is 1. The number of aliphatic hydroxyl groups is 4. The molecule has 5 N–H and O–H groups in total. The average Bonchev–Trinajstić information content (AvgIpc) is 2.70. The number of aromatic nitrogens is 2. The smallest absolute Gasteiger partial charge is 0.331 e. The highest BCUT2D eigenvalue weighted by atomic mass is 19.1. The Morgan fingerprint density at radius 2 is 1.90 bits per heavy atom. The highest BCUT2D eigenvalue weighted by Gasteiger charge is 2.44. The SMILES string of the molecule is O=c1[nH]c(=O)n(C2O[C@H](CO)[C@@H](O)[C@H]2O)c(CO)c1F. The Hall–Kier alpha value is -1.59. The third kappa shape index (κ3) is 2.17. The number of aliphatic hydroxyl groups excluding tert-OH is 4. The Kier molecular flexibility index (Phi) is 4.01. The summed E-state index contributed by atoms with van der Waals surface area (Å²) in [6.45, 7) is -1.62. The van der Waals surface area contributed by atoms with E-state index in [1.807, 2.05) is 0 Å². The van der Waals surface area contributed by atoms with Crippen LogP contribution in [0.1, 0.15) is 11.9 Å². The molecular formula is C10H13FN2O7. The monoisotopic (exact) mass is 292 g/mol. The molecule has 0 spiro atoms. The molecule has 1 unspecified atom stereocenters. The quantitative estimate of drug-likeness (QED) is 0.394. The molecule has 1 aliphatic rings. The van der Waals surface area contributed by atoms with E-state index in [1.165, 1.54) is 0 Å². The molecule has 4 atom stereocenters. The van der Waals surface area contributed by atoms with Crippen LogP contribution in [0, 0.1) is 5.82 Å². The number of rotatable bonds is 3. The van der Waals surface area contributed by atoms with Crippen LogP contribution >= 0.6 is 0 Å². The molecule has 0 aromatic carbocycles. The van der Waals surface area contributed by atoms with Crippen molar-refractivity contribution in [3.63, 3.8) is 0 Å². The van der Waals surface area contributed by atoms with Crippen LogP contribution in [0.25, 0.3) is 0 Å². The lowest BCUT2D eigenvalue weighted by molar-refractivity contribution is -0.0580. The van der Waals surface area contributed by atoms with E-state index in [-0.39, 0.29) is 0 Å². The fraction of sp³-hybridized carbons (Fsp3) is 0.600. The van der Waals surface area contributed by atoms with E-state index in [9.17, 15) is 24.2 Å². The first-order valence-corrected chi connectivity index (χ1v) is 5.68. The zero-order valence-electron chi connectivity index (χ0n) is 10.1. The molecule has 9 nitrogen and oxygen atoms in total. The van der Waals surface area contributed by atoms with Gasteiger partial charge in [0, 0.05) is 0 Å². The maximum atomic E-state index is 13.6. The van der Waals surface area contributed by atoms with Crippen molar-refractivity contribution in [1.82, 2.24) is 9.55 Å². The van der Waals surface area contributed by atoms with E-state index in [1.54, 1.807) is 4.98 Å². The van der Waals surface area contributed by atoms with Crippen LogP contribution in [-0.4, -0.2) is 54.9 Å². The lowest BCUT2D eigenvalue weighted by Gasteiger charge is -2.20. The van der Waals surface area contributed by atoms with Gasteiger partial charge < -0.3 is 25.2 Å². The number of H-pyrrole nitrogens is 1. The Balaban J connectivity index is 2.57. The minimum absolute atomic E-state index is 0.500. The third-order valence-corrected chi connectivity index (χ3v) is 3.10. The summed E-state index contributed by atoms with van der Waals surface area (Å²) in [5, 5.41) is 37.4. The van der Waals surface area contributed by atoms with E-state index >= 15 is 0 Å². The molecule has 0 saturated carbocycles. The summed E-state index contributed by atoms with van der Waals surface area (Å²) < 4.78 is 19.1. The predicted octanol–water partition coefficient (Wildman–Crippen LogP) is -3.22. The summed E-state index contributed by atoms with van der Waals surface area (Å²) in [4.78, 5) is 24.5. The molecule has 2 rings (SSSR count). The molecule has 10 heteroatoms. The van der Waals surface area contributed by atoms with Crippen molar-refractivity contribution in [3.8, 4) is 0 Å².